The molecule has 0 spiro atoms. The highest BCUT2D eigenvalue weighted by Crippen LogP contribution is 2.24. The number of hydrogen-bond donors (Lipinski definition) is 1. The van der Waals surface area contributed by atoms with E-state index in [0.717, 1.165) is 50.7 Å². The highest BCUT2D eigenvalue weighted by Gasteiger charge is 2.28. The first-order valence-corrected chi connectivity index (χ1v) is 10.4. The highest BCUT2D eigenvalue weighted by atomic mass is 16.5. The molecule has 0 saturated carbocycles. The Hall–Kier alpha value is -1.92. The molecule has 1 N–H and O–H groups in total. The van der Waals surface area contributed by atoms with Gasteiger partial charge in [-0.1, -0.05) is 18.2 Å². The maximum Gasteiger partial charge on any atom is 0.335 e. The second-order valence-corrected chi connectivity index (χ2v) is 7.90. The van der Waals surface area contributed by atoms with E-state index >= 15 is 0 Å². The van der Waals surface area contributed by atoms with Crippen LogP contribution in [0.1, 0.15) is 54.9 Å². The van der Waals surface area contributed by atoms with E-state index in [4.69, 9.17) is 9.47 Å². The summed E-state index contributed by atoms with van der Waals surface area (Å²) in [6.07, 6.45) is 5.46. The molecule has 6 nitrogen and oxygen atoms in total. The van der Waals surface area contributed by atoms with Crippen LogP contribution in [0.25, 0.3) is 0 Å². The Morgan fingerprint density at radius 1 is 1.21 bits per heavy atom. The molecule has 1 aromatic rings. The minimum Gasteiger partial charge on any atom is -0.478 e. The predicted octanol–water partition coefficient (Wildman–Crippen LogP) is 3.14. The molecule has 3 rings (SSSR count). The lowest BCUT2D eigenvalue weighted by Gasteiger charge is -2.34. The summed E-state index contributed by atoms with van der Waals surface area (Å²) in [6, 6.07) is 7.19. The first-order valence-electron chi connectivity index (χ1n) is 10.4. The highest BCUT2D eigenvalue weighted by molar-refractivity contribution is 5.89. The van der Waals surface area contributed by atoms with Gasteiger partial charge < -0.3 is 19.5 Å². The van der Waals surface area contributed by atoms with Crippen LogP contribution in [0.4, 0.5) is 0 Å². The van der Waals surface area contributed by atoms with E-state index in [0.29, 0.717) is 31.2 Å². The molecule has 0 aliphatic carbocycles. The monoisotopic (exact) mass is 389 g/mol. The standard InChI is InChI=1S/C22H31NO5/c1-16(28-15-19-7-4-5-13-27-19)21(24)23-11-9-17(10-12-23)14-18-6-2-3-8-20(18)22(25)26/h2-3,6,8,16-17,19H,4-5,7,9-15H2,1H3,(H,25,26). The van der Waals surface area contributed by atoms with Crippen LogP contribution in [0.15, 0.2) is 24.3 Å². The van der Waals surface area contributed by atoms with Gasteiger partial charge in [0.2, 0.25) is 0 Å². The molecule has 1 aromatic carbocycles. The van der Waals surface area contributed by atoms with Gasteiger partial charge in [-0.15, -0.1) is 0 Å². The fourth-order valence-electron chi connectivity index (χ4n) is 4.09. The summed E-state index contributed by atoms with van der Waals surface area (Å²) in [5.74, 6) is -0.437. The van der Waals surface area contributed by atoms with Gasteiger partial charge in [0, 0.05) is 19.7 Å². The zero-order valence-corrected chi connectivity index (χ0v) is 16.6. The van der Waals surface area contributed by atoms with Crippen molar-refractivity contribution in [2.24, 2.45) is 5.92 Å². The number of piperidine rings is 1. The molecule has 0 aromatic heterocycles. The number of likely N-dealkylation sites (tertiary alicyclic amines) is 1. The average molecular weight is 389 g/mol. The number of aromatic carboxylic acids is 1. The lowest BCUT2D eigenvalue weighted by molar-refractivity contribution is -0.147. The third kappa shape index (κ3) is 5.55. The van der Waals surface area contributed by atoms with Crippen molar-refractivity contribution in [2.75, 3.05) is 26.3 Å². The summed E-state index contributed by atoms with van der Waals surface area (Å²) in [7, 11) is 0. The van der Waals surface area contributed by atoms with Gasteiger partial charge in [-0.05, 0) is 63.0 Å². The number of carbonyl (C=O) groups is 2. The number of carboxylic acid groups (broad SMARTS) is 1. The maximum atomic E-state index is 12.7. The Morgan fingerprint density at radius 2 is 1.96 bits per heavy atom. The molecule has 2 fully saturated rings. The molecular formula is C22H31NO5. The normalized spacial score (nSPS) is 22.0. The van der Waals surface area contributed by atoms with E-state index in [2.05, 4.69) is 0 Å². The SMILES string of the molecule is CC(OCC1CCCCO1)C(=O)N1CCC(Cc2ccccc2C(=O)O)CC1. The molecule has 6 heteroatoms. The molecule has 2 unspecified atom stereocenters. The fourth-order valence-corrected chi connectivity index (χ4v) is 4.09. The molecule has 28 heavy (non-hydrogen) atoms. The molecule has 0 bridgehead atoms. The van der Waals surface area contributed by atoms with Gasteiger partial charge in [0.1, 0.15) is 6.10 Å². The van der Waals surface area contributed by atoms with Crippen LogP contribution in [0.2, 0.25) is 0 Å². The number of carboxylic acids is 1. The summed E-state index contributed by atoms with van der Waals surface area (Å²) < 4.78 is 11.4. The van der Waals surface area contributed by atoms with Crippen molar-refractivity contribution in [2.45, 2.75) is 57.7 Å². The van der Waals surface area contributed by atoms with E-state index in [9.17, 15) is 14.7 Å². The Labute approximate surface area is 166 Å². The van der Waals surface area contributed by atoms with E-state index in [1.165, 1.54) is 0 Å². The van der Waals surface area contributed by atoms with Crippen molar-refractivity contribution < 1.29 is 24.2 Å². The van der Waals surface area contributed by atoms with Gasteiger partial charge in [-0.3, -0.25) is 4.79 Å². The molecular weight excluding hydrogens is 358 g/mol. The summed E-state index contributed by atoms with van der Waals surface area (Å²) in [4.78, 5) is 25.9. The lowest BCUT2D eigenvalue weighted by atomic mass is 9.88. The van der Waals surface area contributed by atoms with Gasteiger partial charge in [0.05, 0.1) is 18.3 Å². The van der Waals surface area contributed by atoms with Crippen LogP contribution in [0.5, 0.6) is 0 Å². The molecule has 2 saturated heterocycles. The van der Waals surface area contributed by atoms with Crippen molar-refractivity contribution in [3.8, 4) is 0 Å². The number of hydrogen-bond acceptors (Lipinski definition) is 4. The summed E-state index contributed by atoms with van der Waals surface area (Å²) in [5, 5.41) is 9.34. The largest absolute Gasteiger partial charge is 0.478 e. The van der Waals surface area contributed by atoms with Gasteiger partial charge in [-0.2, -0.15) is 0 Å². The Bertz CT molecular complexity index is 663. The minimum atomic E-state index is -0.879. The topological polar surface area (TPSA) is 76.1 Å². The lowest BCUT2D eigenvalue weighted by Crippen LogP contribution is -2.44. The number of rotatable bonds is 7. The fraction of sp³-hybridized carbons (Fsp3) is 0.636. The van der Waals surface area contributed by atoms with Crippen LogP contribution >= 0.6 is 0 Å². The van der Waals surface area contributed by atoms with Crippen molar-refractivity contribution >= 4 is 11.9 Å². The van der Waals surface area contributed by atoms with Crippen LogP contribution in [-0.2, 0) is 20.7 Å². The van der Waals surface area contributed by atoms with Crippen LogP contribution in [-0.4, -0.2) is 60.4 Å². The number of benzene rings is 1. The Balaban J connectivity index is 1.44. The molecule has 2 aliphatic heterocycles. The number of amides is 1. The van der Waals surface area contributed by atoms with Gasteiger partial charge >= 0.3 is 5.97 Å². The Morgan fingerprint density at radius 3 is 2.64 bits per heavy atom. The second kappa shape index (κ2) is 10.0. The number of carbonyl (C=O) groups excluding carboxylic acids is 1. The zero-order chi connectivity index (χ0) is 19.9. The number of nitrogens with zero attached hydrogens (tertiary/aromatic N) is 1. The first kappa shape index (κ1) is 20.8. The third-order valence-electron chi connectivity index (χ3n) is 5.84. The number of ether oxygens (including phenoxy) is 2. The van der Waals surface area contributed by atoms with Crippen LogP contribution in [0, 0.1) is 5.92 Å². The van der Waals surface area contributed by atoms with E-state index in [1.807, 2.05) is 24.0 Å². The van der Waals surface area contributed by atoms with Gasteiger partial charge in [0.15, 0.2) is 0 Å². The molecule has 2 aliphatic rings. The molecule has 154 valence electrons. The minimum absolute atomic E-state index is 0.0418. The van der Waals surface area contributed by atoms with E-state index in [1.54, 1.807) is 12.1 Å². The van der Waals surface area contributed by atoms with Crippen molar-refractivity contribution in [1.29, 1.82) is 0 Å². The molecule has 2 atom stereocenters. The van der Waals surface area contributed by atoms with E-state index in [-0.39, 0.29) is 12.0 Å². The predicted molar refractivity (Wildman–Crippen MR) is 105 cm³/mol. The third-order valence-corrected chi connectivity index (χ3v) is 5.84. The second-order valence-electron chi connectivity index (χ2n) is 7.90. The summed E-state index contributed by atoms with van der Waals surface area (Å²) in [6.45, 7) is 4.49. The van der Waals surface area contributed by atoms with Gasteiger partial charge in [-0.25, -0.2) is 4.79 Å². The molecule has 2 heterocycles. The van der Waals surface area contributed by atoms with E-state index < -0.39 is 12.1 Å². The average Bonchev–Trinajstić information content (AvgIpc) is 2.73. The van der Waals surface area contributed by atoms with Gasteiger partial charge in [0.25, 0.3) is 5.91 Å². The summed E-state index contributed by atoms with van der Waals surface area (Å²) in [5.41, 5.74) is 1.26. The smallest absolute Gasteiger partial charge is 0.335 e. The van der Waals surface area contributed by atoms with Crippen molar-refractivity contribution in [3.63, 3.8) is 0 Å². The van der Waals surface area contributed by atoms with Crippen molar-refractivity contribution in [1.82, 2.24) is 4.90 Å². The van der Waals surface area contributed by atoms with Crippen molar-refractivity contribution in [3.05, 3.63) is 35.4 Å². The van der Waals surface area contributed by atoms with Crippen LogP contribution in [0.3, 0.4) is 0 Å². The maximum absolute atomic E-state index is 12.7. The Kier molecular flexibility index (Phi) is 7.45. The molecule has 1 amide bonds. The molecule has 0 radical (unpaired) electrons. The first-order chi connectivity index (χ1) is 13.5. The zero-order valence-electron chi connectivity index (χ0n) is 16.6. The quantitative estimate of drug-likeness (QED) is 0.775. The van der Waals surface area contributed by atoms with Crippen LogP contribution < -0.4 is 0 Å². The summed E-state index contributed by atoms with van der Waals surface area (Å²) >= 11 is 0.